The molecule has 0 aliphatic rings. The lowest BCUT2D eigenvalue weighted by atomic mass is 10.2. The zero-order valence-electron chi connectivity index (χ0n) is 8.55. The third kappa shape index (κ3) is 4.51. The molecular formula is C9H7F6NO2. The molecule has 3 nitrogen and oxygen atoms in total. The van der Waals surface area contributed by atoms with Gasteiger partial charge < -0.3 is 0 Å². The van der Waals surface area contributed by atoms with E-state index in [2.05, 4.69) is 9.47 Å². The summed E-state index contributed by atoms with van der Waals surface area (Å²) in [4.78, 5) is 0. The average Bonchev–Trinajstić information content (AvgIpc) is 2.13. The van der Waals surface area contributed by atoms with Crippen molar-refractivity contribution in [2.24, 2.45) is 5.73 Å². The molecule has 0 aliphatic carbocycles. The fourth-order valence-electron chi connectivity index (χ4n) is 1.15. The normalized spacial score (nSPS) is 13.7. The molecule has 2 N–H and O–H groups in total. The molecule has 0 radical (unpaired) electrons. The van der Waals surface area contributed by atoms with E-state index in [1.54, 1.807) is 0 Å². The van der Waals surface area contributed by atoms with Crippen molar-refractivity contribution in [3.8, 4) is 0 Å². The van der Waals surface area contributed by atoms with Crippen molar-refractivity contribution in [3.63, 3.8) is 0 Å². The second-order valence-corrected chi connectivity index (χ2v) is 3.13. The Morgan fingerprint density at radius 2 is 1.17 bits per heavy atom. The van der Waals surface area contributed by atoms with Crippen molar-refractivity contribution in [2.75, 3.05) is 0 Å². The topological polar surface area (TPSA) is 44.5 Å². The van der Waals surface area contributed by atoms with Gasteiger partial charge in [-0.1, -0.05) is 30.3 Å². The first-order valence-corrected chi connectivity index (χ1v) is 4.40. The summed E-state index contributed by atoms with van der Waals surface area (Å²) >= 11 is 0. The van der Waals surface area contributed by atoms with E-state index >= 15 is 0 Å². The molecule has 0 bridgehead atoms. The van der Waals surface area contributed by atoms with Crippen LogP contribution in [0.15, 0.2) is 30.3 Å². The van der Waals surface area contributed by atoms with E-state index in [0.717, 1.165) is 12.1 Å². The van der Waals surface area contributed by atoms with Gasteiger partial charge >= 0.3 is 12.7 Å². The fourth-order valence-corrected chi connectivity index (χ4v) is 1.15. The molecule has 0 aliphatic heterocycles. The Morgan fingerprint density at radius 1 is 0.778 bits per heavy atom. The molecule has 102 valence electrons. The van der Waals surface area contributed by atoms with Gasteiger partial charge in [-0.25, -0.2) is 9.47 Å². The van der Waals surface area contributed by atoms with Gasteiger partial charge in [0.05, 0.1) is 0 Å². The minimum atomic E-state index is -5.39. The first-order valence-electron chi connectivity index (χ1n) is 4.40. The van der Waals surface area contributed by atoms with Gasteiger partial charge in [-0.05, 0) is 0 Å². The molecule has 0 spiro atoms. The van der Waals surface area contributed by atoms with Crippen LogP contribution >= 0.6 is 0 Å². The van der Waals surface area contributed by atoms with Crippen molar-refractivity contribution in [1.82, 2.24) is 0 Å². The molecule has 0 heterocycles. The molecule has 0 fully saturated rings. The highest BCUT2D eigenvalue weighted by atomic mass is 19.4. The van der Waals surface area contributed by atoms with Crippen molar-refractivity contribution >= 4 is 0 Å². The molecule has 0 atom stereocenters. The van der Waals surface area contributed by atoms with Crippen LogP contribution in [0.3, 0.4) is 0 Å². The molecule has 18 heavy (non-hydrogen) atoms. The van der Waals surface area contributed by atoms with Crippen LogP contribution in [0.25, 0.3) is 0 Å². The number of hydrogen-bond donors (Lipinski definition) is 1. The third-order valence-corrected chi connectivity index (χ3v) is 1.71. The predicted molar refractivity (Wildman–Crippen MR) is 46.6 cm³/mol. The molecular weight excluding hydrogens is 268 g/mol. The maximum Gasteiger partial charge on any atom is 0.526 e. The standard InChI is InChI=1S/C9H7F6NO2/c10-8(11,12)17-7(16,18-9(13,14)15)6-4-2-1-3-5-6/h1-5H,16H2. The SMILES string of the molecule is NC(OC(F)(F)F)(OC(F)(F)F)c1ccccc1. The minimum absolute atomic E-state index is 0.625. The number of alkyl halides is 6. The summed E-state index contributed by atoms with van der Waals surface area (Å²) in [7, 11) is 0. The molecule has 0 unspecified atom stereocenters. The highest BCUT2D eigenvalue weighted by molar-refractivity contribution is 5.19. The summed E-state index contributed by atoms with van der Waals surface area (Å²) in [5.74, 6) is -3.49. The maximum absolute atomic E-state index is 12.1. The second kappa shape index (κ2) is 4.75. The van der Waals surface area contributed by atoms with Crippen LogP contribution in [0, 0.1) is 0 Å². The smallest absolute Gasteiger partial charge is 0.275 e. The average molecular weight is 275 g/mol. The Kier molecular flexibility index (Phi) is 3.89. The maximum atomic E-state index is 12.1. The van der Waals surface area contributed by atoms with Gasteiger partial charge in [0.2, 0.25) is 0 Å². The predicted octanol–water partition coefficient (Wildman–Crippen LogP) is 2.83. The van der Waals surface area contributed by atoms with E-state index in [1.165, 1.54) is 18.2 Å². The van der Waals surface area contributed by atoms with Gasteiger partial charge in [-0.15, -0.1) is 26.3 Å². The summed E-state index contributed by atoms with van der Waals surface area (Å²) < 4.78 is 78.8. The summed E-state index contributed by atoms with van der Waals surface area (Å²) in [5, 5.41) is 0. The van der Waals surface area contributed by atoms with Crippen LogP contribution in [0.4, 0.5) is 26.3 Å². The number of halogens is 6. The van der Waals surface area contributed by atoms with E-state index in [1.807, 2.05) is 0 Å². The number of rotatable bonds is 3. The first kappa shape index (κ1) is 14.7. The largest absolute Gasteiger partial charge is 0.526 e. The van der Waals surface area contributed by atoms with E-state index in [-0.39, 0.29) is 0 Å². The van der Waals surface area contributed by atoms with Crippen molar-refractivity contribution in [3.05, 3.63) is 35.9 Å². The lowest BCUT2D eigenvalue weighted by Gasteiger charge is -2.30. The lowest BCUT2D eigenvalue weighted by molar-refractivity contribution is -0.485. The molecule has 9 heteroatoms. The van der Waals surface area contributed by atoms with Crippen LogP contribution < -0.4 is 5.73 Å². The molecule has 0 amide bonds. The Labute approximate surface area is 97.1 Å². The highest BCUT2D eigenvalue weighted by Crippen LogP contribution is 2.35. The molecule has 0 saturated heterocycles. The number of benzene rings is 1. The molecule has 1 aromatic rings. The van der Waals surface area contributed by atoms with Crippen LogP contribution in [-0.4, -0.2) is 12.7 Å². The summed E-state index contributed by atoms with van der Waals surface area (Å²) in [5.41, 5.74) is 4.28. The van der Waals surface area contributed by atoms with Gasteiger partial charge in [0.15, 0.2) is 0 Å². The Morgan fingerprint density at radius 3 is 1.50 bits per heavy atom. The zero-order valence-corrected chi connectivity index (χ0v) is 8.55. The van der Waals surface area contributed by atoms with Crippen molar-refractivity contribution < 1.29 is 35.8 Å². The molecule has 1 aromatic carbocycles. The fraction of sp³-hybridized carbons (Fsp3) is 0.333. The molecule has 0 saturated carbocycles. The lowest BCUT2D eigenvalue weighted by Crippen LogP contribution is -2.49. The number of ether oxygens (including phenoxy) is 2. The first-order chi connectivity index (χ1) is 8.02. The monoisotopic (exact) mass is 275 g/mol. The molecule has 0 aromatic heterocycles. The Bertz CT molecular complexity index is 372. The van der Waals surface area contributed by atoms with E-state index in [9.17, 15) is 26.3 Å². The van der Waals surface area contributed by atoms with Gasteiger partial charge in [0, 0.05) is 5.56 Å². The summed E-state index contributed by atoms with van der Waals surface area (Å²) in [6.07, 6.45) is -10.8. The van der Waals surface area contributed by atoms with Gasteiger partial charge in [-0.2, -0.15) is 0 Å². The van der Waals surface area contributed by atoms with E-state index in [4.69, 9.17) is 5.73 Å². The van der Waals surface area contributed by atoms with E-state index in [0.29, 0.717) is 0 Å². The van der Waals surface area contributed by atoms with Crippen LogP contribution in [0.1, 0.15) is 5.56 Å². The van der Waals surface area contributed by atoms with Crippen molar-refractivity contribution in [2.45, 2.75) is 18.6 Å². The third-order valence-electron chi connectivity index (χ3n) is 1.71. The summed E-state index contributed by atoms with van der Waals surface area (Å²) in [6.45, 7) is 0. The van der Waals surface area contributed by atoms with Crippen molar-refractivity contribution in [1.29, 1.82) is 0 Å². The van der Waals surface area contributed by atoms with Crippen LogP contribution in [0.2, 0.25) is 0 Å². The zero-order chi connectivity index (χ0) is 14.0. The van der Waals surface area contributed by atoms with Gasteiger partial charge in [0.25, 0.3) is 5.91 Å². The molecule has 1 rings (SSSR count). The number of hydrogen-bond acceptors (Lipinski definition) is 3. The Balaban J connectivity index is 3.09. The highest BCUT2D eigenvalue weighted by Gasteiger charge is 2.50. The van der Waals surface area contributed by atoms with Crippen LogP contribution in [0.5, 0.6) is 0 Å². The van der Waals surface area contributed by atoms with Gasteiger partial charge in [-0.3, -0.25) is 5.73 Å². The number of nitrogens with two attached hydrogens (primary N) is 1. The van der Waals surface area contributed by atoms with Gasteiger partial charge in [0.1, 0.15) is 0 Å². The van der Waals surface area contributed by atoms with E-state index < -0.39 is 24.2 Å². The quantitative estimate of drug-likeness (QED) is 0.681. The summed E-state index contributed by atoms with van der Waals surface area (Å²) in [6, 6.07) is 5.59. The Hall–Kier alpha value is -1.32. The van der Waals surface area contributed by atoms with Crippen LogP contribution in [-0.2, 0) is 15.4 Å². The minimum Gasteiger partial charge on any atom is -0.275 e. The second-order valence-electron chi connectivity index (χ2n) is 3.13.